The molecule has 1 saturated carbocycles. The zero-order valence-corrected chi connectivity index (χ0v) is 11.8. The molecule has 0 aromatic heterocycles. The van der Waals surface area contributed by atoms with Gasteiger partial charge in [0.2, 0.25) is 0 Å². The summed E-state index contributed by atoms with van der Waals surface area (Å²) < 4.78 is 34.2. The summed E-state index contributed by atoms with van der Waals surface area (Å²) in [6, 6.07) is 4.84. The van der Waals surface area contributed by atoms with Crippen molar-refractivity contribution in [3.63, 3.8) is 0 Å². The van der Waals surface area contributed by atoms with Gasteiger partial charge >= 0.3 is 6.61 Å². The van der Waals surface area contributed by atoms with E-state index in [2.05, 4.69) is 9.89 Å². The monoisotopic (exact) mass is 297 g/mol. The summed E-state index contributed by atoms with van der Waals surface area (Å²) >= 11 is 0. The van der Waals surface area contributed by atoms with Crippen LogP contribution in [0, 0.1) is 0 Å². The Hall–Kier alpha value is -1.85. The van der Waals surface area contributed by atoms with Gasteiger partial charge in [0.05, 0.1) is 12.8 Å². The maximum Gasteiger partial charge on any atom is 0.387 e. The van der Waals surface area contributed by atoms with E-state index in [0.29, 0.717) is 0 Å². The van der Waals surface area contributed by atoms with Gasteiger partial charge in [0.15, 0.2) is 11.5 Å². The fourth-order valence-electron chi connectivity index (χ4n) is 3.00. The Morgan fingerprint density at radius 3 is 2.67 bits per heavy atom. The first-order valence-electron chi connectivity index (χ1n) is 7.00. The highest BCUT2D eigenvalue weighted by Gasteiger charge is 2.42. The van der Waals surface area contributed by atoms with Crippen LogP contribution >= 0.6 is 0 Å². The summed E-state index contributed by atoms with van der Waals surface area (Å²) in [6.45, 7) is -2.88. The van der Waals surface area contributed by atoms with E-state index < -0.39 is 6.61 Å². The molecule has 21 heavy (non-hydrogen) atoms. The van der Waals surface area contributed by atoms with Crippen LogP contribution in [0.2, 0.25) is 0 Å². The summed E-state index contributed by atoms with van der Waals surface area (Å²) in [7, 11) is 1.42. The van der Waals surface area contributed by atoms with Crippen LogP contribution in [0.25, 0.3) is 0 Å². The lowest BCUT2D eigenvalue weighted by atomic mass is 9.93. The Morgan fingerprint density at radius 2 is 2.00 bits per heavy atom. The summed E-state index contributed by atoms with van der Waals surface area (Å²) in [5, 5.41) is 4.18. The minimum Gasteiger partial charge on any atom is -0.493 e. The molecule has 0 radical (unpaired) electrons. The Labute approximate surface area is 121 Å². The molecular weight excluding hydrogens is 280 g/mol. The predicted molar refractivity (Wildman–Crippen MR) is 73.1 cm³/mol. The SMILES string of the molecule is COc1cc(C2=NOC3(CCCC3)C2)ccc1OC(F)F. The van der Waals surface area contributed by atoms with Crippen LogP contribution in [0.1, 0.15) is 37.7 Å². The van der Waals surface area contributed by atoms with Gasteiger partial charge in [-0.3, -0.25) is 0 Å². The van der Waals surface area contributed by atoms with Gasteiger partial charge in [0, 0.05) is 12.0 Å². The Bertz CT molecular complexity index is 554. The molecule has 1 aromatic carbocycles. The average molecular weight is 297 g/mol. The first kappa shape index (κ1) is 14.1. The maximum absolute atomic E-state index is 12.3. The van der Waals surface area contributed by atoms with Crippen LogP contribution in [0.5, 0.6) is 11.5 Å². The van der Waals surface area contributed by atoms with Crippen molar-refractivity contribution in [1.29, 1.82) is 0 Å². The molecule has 1 spiro atoms. The fraction of sp³-hybridized carbons (Fsp3) is 0.533. The predicted octanol–water partition coefficient (Wildman–Crippen LogP) is 3.73. The smallest absolute Gasteiger partial charge is 0.387 e. The van der Waals surface area contributed by atoms with Crippen molar-refractivity contribution in [2.24, 2.45) is 5.16 Å². The van der Waals surface area contributed by atoms with Crippen LogP contribution in [0.15, 0.2) is 23.4 Å². The second kappa shape index (κ2) is 5.50. The van der Waals surface area contributed by atoms with E-state index in [4.69, 9.17) is 9.57 Å². The number of hydrogen-bond donors (Lipinski definition) is 0. The molecule has 114 valence electrons. The van der Waals surface area contributed by atoms with Crippen molar-refractivity contribution in [2.75, 3.05) is 7.11 Å². The zero-order valence-electron chi connectivity index (χ0n) is 11.8. The third-order valence-electron chi connectivity index (χ3n) is 4.07. The molecule has 2 aliphatic rings. The minimum absolute atomic E-state index is 0.0198. The van der Waals surface area contributed by atoms with E-state index >= 15 is 0 Å². The number of rotatable bonds is 4. The van der Waals surface area contributed by atoms with Gasteiger partial charge in [0.1, 0.15) is 5.60 Å². The Morgan fingerprint density at radius 1 is 1.24 bits per heavy atom. The molecule has 0 unspecified atom stereocenters. The lowest BCUT2D eigenvalue weighted by Gasteiger charge is -2.19. The lowest BCUT2D eigenvalue weighted by Crippen LogP contribution is -2.24. The normalized spacial score (nSPS) is 19.7. The summed E-state index contributed by atoms with van der Waals surface area (Å²) in [5.74, 6) is 0.286. The van der Waals surface area contributed by atoms with Crippen molar-refractivity contribution in [2.45, 2.75) is 44.3 Å². The molecule has 1 heterocycles. The first-order valence-corrected chi connectivity index (χ1v) is 7.00. The Balaban J connectivity index is 1.80. The molecule has 1 aliphatic carbocycles. The summed E-state index contributed by atoms with van der Waals surface area (Å²) in [5.41, 5.74) is 1.50. The summed E-state index contributed by atoms with van der Waals surface area (Å²) in [6.07, 6.45) is 5.11. The maximum atomic E-state index is 12.3. The average Bonchev–Trinajstić information content (AvgIpc) is 3.09. The molecule has 0 amide bonds. The second-order valence-electron chi connectivity index (χ2n) is 5.44. The third-order valence-corrected chi connectivity index (χ3v) is 4.07. The van der Waals surface area contributed by atoms with Gasteiger partial charge in [-0.2, -0.15) is 8.78 Å². The van der Waals surface area contributed by atoms with Crippen molar-refractivity contribution < 1.29 is 23.1 Å². The highest BCUT2D eigenvalue weighted by atomic mass is 19.3. The van der Waals surface area contributed by atoms with Crippen molar-refractivity contribution in [3.05, 3.63) is 23.8 Å². The molecule has 1 aliphatic heterocycles. The number of oxime groups is 1. The van der Waals surface area contributed by atoms with Gasteiger partial charge in [0.25, 0.3) is 0 Å². The molecule has 3 rings (SSSR count). The van der Waals surface area contributed by atoms with Crippen molar-refractivity contribution in [1.82, 2.24) is 0 Å². The third kappa shape index (κ3) is 2.80. The van der Waals surface area contributed by atoms with Gasteiger partial charge in [-0.25, -0.2) is 0 Å². The number of ether oxygens (including phenoxy) is 2. The zero-order chi connectivity index (χ0) is 14.9. The largest absolute Gasteiger partial charge is 0.493 e. The van der Waals surface area contributed by atoms with Crippen LogP contribution in [0.4, 0.5) is 8.78 Å². The number of hydrogen-bond acceptors (Lipinski definition) is 4. The minimum atomic E-state index is -2.88. The van der Waals surface area contributed by atoms with Crippen LogP contribution < -0.4 is 9.47 Å². The lowest BCUT2D eigenvalue weighted by molar-refractivity contribution is -0.0512. The van der Waals surface area contributed by atoms with E-state index in [0.717, 1.165) is 43.4 Å². The fourth-order valence-corrected chi connectivity index (χ4v) is 3.00. The number of methoxy groups -OCH3 is 1. The molecule has 1 fully saturated rings. The number of nitrogens with zero attached hydrogens (tertiary/aromatic N) is 1. The second-order valence-corrected chi connectivity index (χ2v) is 5.44. The molecule has 1 aromatic rings. The molecule has 6 heteroatoms. The van der Waals surface area contributed by atoms with Gasteiger partial charge in [-0.05, 0) is 43.9 Å². The molecule has 0 N–H and O–H groups in total. The highest BCUT2D eigenvalue weighted by molar-refractivity contribution is 6.02. The molecular formula is C15H17F2NO3. The van der Waals surface area contributed by atoms with Crippen LogP contribution in [-0.4, -0.2) is 25.0 Å². The van der Waals surface area contributed by atoms with Gasteiger partial charge < -0.3 is 14.3 Å². The van der Waals surface area contributed by atoms with E-state index in [1.165, 1.54) is 13.2 Å². The standard InChI is InChI=1S/C15H17F2NO3/c1-19-13-8-10(4-5-12(13)20-14(16)17)11-9-15(21-18-11)6-2-3-7-15/h4-5,8,14H,2-3,6-7,9H2,1H3. The van der Waals surface area contributed by atoms with E-state index in [9.17, 15) is 8.78 Å². The molecule has 4 nitrogen and oxygen atoms in total. The molecule has 0 bridgehead atoms. The topological polar surface area (TPSA) is 40.0 Å². The van der Waals surface area contributed by atoms with Gasteiger partial charge in [-0.15, -0.1) is 0 Å². The summed E-state index contributed by atoms with van der Waals surface area (Å²) in [4.78, 5) is 5.63. The highest BCUT2D eigenvalue weighted by Crippen LogP contribution is 2.41. The number of alkyl halides is 2. The Kier molecular flexibility index (Phi) is 3.69. The van der Waals surface area contributed by atoms with E-state index in [1.54, 1.807) is 12.1 Å². The number of benzene rings is 1. The quantitative estimate of drug-likeness (QED) is 0.850. The van der Waals surface area contributed by atoms with Crippen molar-refractivity contribution >= 4 is 5.71 Å². The van der Waals surface area contributed by atoms with E-state index in [-0.39, 0.29) is 17.1 Å². The first-order chi connectivity index (χ1) is 10.1. The van der Waals surface area contributed by atoms with Crippen LogP contribution in [-0.2, 0) is 4.84 Å². The van der Waals surface area contributed by atoms with Crippen LogP contribution in [0.3, 0.4) is 0 Å². The van der Waals surface area contributed by atoms with Gasteiger partial charge in [-0.1, -0.05) is 5.16 Å². The van der Waals surface area contributed by atoms with E-state index in [1.807, 2.05) is 0 Å². The molecule has 0 atom stereocenters. The molecule has 0 saturated heterocycles. The number of halogens is 2. The van der Waals surface area contributed by atoms with Crippen molar-refractivity contribution in [3.8, 4) is 11.5 Å².